The van der Waals surface area contributed by atoms with Gasteiger partial charge >= 0.3 is 0 Å². The predicted octanol–water partition coefficient (Wildman–Crippen LogP) is 3.69. The number of amides is 1. The molecule has 0 aromatic heterocycles. The molecule has 1 heterocycles. The van der Waals surface area contributed by atoms with Gasteiger partial charge in [-0.3, -0.25) is 9.69 Å². The van der Waals surface area contributed by atoms with E-state index >= 15 is 0 Å². The lowest BCUT2D eigenvalue weighted by atomic mass is 9.82. The summed E-state index contributed by atoms with van der Waals surface area (Å²) in [7, 11) is 8.76. The zero-order valence-electron chi connectivity index (χ0n) is 20.7. The van der Waals surface area contributed by atoms with Crippen LogP contribution in [0.5, 0.6) is 23.0 Å². The molecule has 0 N–H and O–H groups in total. The minimum atomic E-state index is 0. The molecule has 1 aliphatic heterocycles. The van der Waals surface area contributed by atoms with Gasteiger partial charge < -0.3 is 23.8 Å². The Kier molecular flexibility index (Phi) is 8.55. The first-order chi connectivity index (χ1) is 16.0. The van der Waals surface area contributed by atoms with Gasteiger partial charge in [-0.05, 0) is 72.8 Å². The van der Waals surface area contributed by atoms with E-state index in [0.29, 0.717) is 24.0 Å². The van der Waals surface area contributed by atoms with Crippen LogP contribution >= 0.6 is 12.4 Å². The average Bonchev–Trinajstić information content (AvgIpc) is 2.96. The fourth-order valence-electron chi connectivity index (χ4n) is 4.92. The molecule has 1 amide bonds. The SMILES string of the molecule is COc1cc2c(cc1OC)CC(=O)N(CCCN(C)[C@H]1Cc3cc(OC)c(OC)cc31)CC2.Cl. The molecule has 0 fully saturated rings. The third kappa shape index (κ3) is 5.05. The van der Waals surface area contributed by atoms with Crippen molar-refractivity contribution in [2.45, 2.75) is 31.7 Å². The van der Waals surface area contributed by atoms with Crippen molar-refractivity contribution in [2.75, 3.05) is 55.1 Å². The van der Waals surface area contributed by atoms with Crippen molar-refractivity contribution in [3.63, 3.8) is 0 Å². The number of carbonyl (C=O) groups is 1. The first kappa shape index (κ1) is 26.0. The molecule has 34 heavy (non-hydrogen) atoms. The first-order valence-corrected chi connectivity index (χ1v) is 11.5. The van der Waals surface area contributed by atoms with Crippen LogP contribution in [0.3, 0.4) is 0 Å². The highest BCUT2D eigenvalue weighted by atomic mass is 35.5. The van der Waals surface area contributed by atoms with Crippen LogP contribution in [-0.4, -0.2) is 70.8 Å². The number of rotatable bonds is 9. The summed E-state index contributed by atoms with van der Waals surface area (Å²) in [5, 5.41) is 0. The molecule has 8 heteroatoms. The van der Waals surface area contributed by atoms with Gasteiger partial charge in [-0.1, -0.05) is 0 Å². The maximum Gasteiger partial charge on any atom is 0.227 e. The van der Waals surface area contributed by atoms with Crippen molar-refractivity contribution in [3.8, 4) is 23.0 Å². The number of ether oxygens (including phenoxy) is 4. The van der Waals surface area contributed by atoms with Crippen LogP contribution in [0.4, 0.5) is 0 Å². The molecule has 0 saturated heterocycles. The highest BCUT2D eigenvalue weighted by molar-refractivity contribution is 5.85. The van der Waals surface area contributed by atoms with E-state index in [1.165, 1.54) is 11.1 Å². The summed E-state index contributed by atoms with van der Waals surface area (Å²) in [5.74, 6) is 3.13. The number of hydrogen-bond donors (Lipinski definition) is 0. The maximum absolute atomic E-state index is 12.9. The van der Waals surface area contributed by atoms with Crippen molar-refractivity contribution >= 4 is 18.3 Å². The van der Waals surface area contributed by atoms with Crippen LogP contribution in [-0.2, 0) is 24.1 Å². The third-order valence-corrected chi connectivity index (χ3v) is 6.94. The Labute approximate surface area is 208 Å². The fraction of sp³-hybridized carbons (Fsp3) is 0.500. The summed E-state index contributed by atoms with van der Waals surface area (Å²) in [6, 6.07) is 8.51. The lowest BCUT2D eigenvalue weighted by molar-refractivity contribution is -0.130. The minimum absolute atomic E-state index is 0. The molecule has 0 spiro atoms. The lowest BCUT2D eigenvalue weighted by Gasteiger charge is -2.38. The molecule has 0 saturated carbocycles. The summed E-state index contributed by atoms with van der Waals surface area (Å²) in [5.41, 5.74) is 4.82. The van der Waals surface area contributed by atoms with Gasteiger partial charge in [0.2, 0.25) is 5.91 Å². The van der Waals surface area contributed by atoms with Gasteiger partial charge in [0, 0.05) is 25.7 Å². The number of hydrogen-bond acceptors (Lipinski definition) is 6. The van der Waals surface area contributed by atoms with E-state index in [1.807, 2.05) is 17.0 Å². The number of fused-ring (bicyclic) bond motifs is 2. The largest absolute Gasteiger partial charge is 0.493 e. The topological polar surface area (TPSA) is 60.5 Å². The molecular formula is C26H35ClN2O5. The summed E-state index contributed by atoms with van der Waals surface area (Å²) >= 11 is 0. The zero-order valence-corrected chi connectivity index (χ0v) is 21.5. The number of methoxy groups -OCH3 is 4. The Balaban J connectivity index is 0.00000324. The number of nitrogens with zero attached hydrogens (tertiary/aromatic N) is 2. The summed E-state index contributed by atoms with van der Waals surface area (Å²) < 4.78 is 21.7. The van der Waals surface area contributed by atoms with E-state index in [2.05, 4.69) is 24.1 Å². The molecule has 0 radical (unpaired) electrons. The Morgan fingerprint density at radius 2 is 1.44 bits per heavy atom. The standard InChI is InChI=1S/C26H34N2O5.ClH/c1-27(21-11-19-14-24(32-4)25(33-5)16-20(19)21)8-6-9-28-10-7-17-12-22(30-2)23(31-3)13-18(17)15-26(28)29;/h12-14,16,21H,6-11,15H2,1-5H3;1H/t21-;/m0./s1. The van der Waals surface area contributed by atoms with Gasteiger partial charge in [-0.2, -0.15) is 0 Å². The molecule has 2 aromatic carbocycles. The van der Waals surface area contributed by atoms with E-state index < -0.39 is 0 Å². The van der Waals surface area contributed by atoms with Gasteiger partial charge in [0.05, 0.1) is 34.9 Å². The van der Waals surface area contributed by atoms with Crippen molar-refractivity contribution in [1.82, 2.24) is 9.80 Å². The molecule has 1 aliphatic carbocycles. The minimum Gasteiger partial charge on any atom is -0.493 e. The van der Waals surface area contributed by atoms with Crippen LogP contribution in [0.2, 0.25) is 0 Å². The Morgan fingerprint density at radius 1 is 0.882 bits per heavy atom. The van der Waals surface area contributed by atoms with Gasteiger partial charge in [-0.15, -0.1) is 12.4 Å². The van der Waals surface area contributed by atoms with Gasteiger partial charge in [0.15, 0.2) is 23.0 Å². The third-order valence-electron chi connectivity index (χ3n) is 6.94. The van der Waals surface area contributed by atoms with Crippen molar-refractivity contribution in [1.29, 1.82) is 0 Å². The van der Waals surface area contributed by atoms with Crippen molar-refractivity contribution in [3.05, 3.63) is 46.5 Å². The number of halogens is 1. The van der Waals surface area contributed by atoms with E-state index in [9.17, 15) is 4.79 Å². The van der Waals surface area contributed by atoms with Crippen LogP contribution in [0.25, 0.3) is 0 Å². The number of carbonyl (C=O) groups excluding carboxylic acids is 1. The second-order valence-corrected chi connectivity index (χ2v) is 8.74. The fourth-order valence-corrected chi connectivity index (χ4v) is 4.92. The predicted molar refractivity (Wildman–Crippen MR) is 134 cm³/mol. The summed E-state index contributed by atoms with van der Waals surface area (Å²) in [6.45, 7) is 2.42. The van der Waals surface area contributed by atoms with Crippen molar-refractivity contribution < 1.29 is 23.7 Å². The quantitative estimate of drug-likeness (QED) is 0.534. The molecule has 0 bridgehead atoms. The number of benzene rings is 2. The molecule has 0 unspecified atom stereocenters. The van der Waals surface area contributed by atoms with E-state index in [0.717, 1.165) is 61.5 Å². The highest BCUT2D eigenvalue weighted by Crippen LogP contribution is 2.43. The van der Waals surface area contributed by atoms with Crippen LogP contribution in [0.15, 0.2) is 24.3 Å². The normalized spacial score (nSPS) is 16.6. The Bertz CT molecular complexity index is 1030. The monoisotopic (exact) mass is 490 g/mol. The molecular weight excluding hydrogens is 456 g/mol. The molecule has 4 rings (SSSR count). The van der Waals surface area contributed by atoms with Gasteiger partial charge in [-0.25, -0.2) is 0 Å². The van der Waals surface area contributed by atoms with E-state index in [1.54, 1.807) is 28.4 Å². The zero-order chi connectivity index (χ0) is 23.5. The van der Waals surface area contributed by atoms with Crippen LogP contribution in [0, 0.1) is 0 Å². The maximum atomic E-state index is 12.9. The van der Waals surface area contributed by atoms with E-state index in [4.69, 9.17) is 18.9 Å². The lowest BCUT2D eigenvalue weighted by Crippen LogP contribution is -2.37. The summed E-state index contributed by atoms with van der Waals surface area (Å²) in [6.07, 6.45) is 3.18. The molecule has 1 atom stereocenters. The van der Waals surface area contributed by atoms with E-state index in [-0.39, 0.29) is 18.3 Å². The second-order valence-electron chi connectivity index (χ2n) is 8.74. The van der Waals surface area contributed by atoms with Crippen molar-refractivity contribution in [2.24, 2.45) is 0 Å². The van der Waals surface area contributed by atoms with Crippen LogP contribution in [0.1, 0.15) is 34.7 Å². The molecule has 2 aliphatic rings. The Hall–Kier alpha value is -2.64. The van der Waals surface area contributed by atoms with Gasteiger partial charge in [0.25, 0.3) is 0 Å². The molecule has 7 nitrogen and oxygen atoms in total. The second kappa shape index (κ2) is 11.2. The Morgan fingerprint density at radius 3 is 2.06 bits per heavy atom. The number of likely N-dealkylation sites (N-methyl/N-ethyl adjacent to an activating group) is 1. The summed E-state index contributed by atoms with van der Waals surface area (Å²) in [4.78, 5) is 17.3. The highest BCUT2D eigenvalue weighted by Gasteiger charge is 2.31. The van der Waals surface area contributed by atoms with Gasteiger partial charge in [0.1, 0.15) is 0 Å². The molecule has 186 valence electrons. The smallest absolute Gasteiger partial charge is 0.227 e. The average molecular weight is 491 g/mol. The van der Waals surface area contributed by atoms with Crippen LogP contribution < -0.4 is 18.9 Å². The first-order valence-electron chi connectivity index (χ1n) is 11.5. The molecule has 2 aromatic rings.